The predicted molar refractivity (Wildman–Crippen MR) is 80.3 cm³/mol. The lowest BCUT2D eigenvalue weighted by Crippen LogP contribution is -2.35. The van der Waals surface area contributed by atoms with Crippen LogP contribution in [0.3, 0.4) is 0 Å². The maximum atomic E-state index is 13.5. The summed E-state index contributed by atoms with van der Waals surface area (Å²) in [5.41, 5.74) is 0.660. The minimum Gasteiger partial charge on any atom is -0.371 e. The van der Waals surface area contributed by atoms with Gasteiger partial charge in [-0.15, -0.1) is 0 Å². The lowest BCUT2D eigenvalue weighted by molar-refractivity contribution is 0.303. The molecule has 0 unspecified atom stereocenters. The topological polar surface area (TPSA) is 18.5 Å². The lowest BCUT2D eigenvalue weighted by atomic mass is 10.3. The summed E-state index contributed by atoms with van der Waals surface area (Å²) in [5.74, 6) is -0.159. The van der Waals surface area contributed by atoms with Gasteiger partial charge in [0.2, 0.25) is 0 Å². The van der Waals surface area contributed by atoms with Crippen molar-refractivity contribution in [3.63, 3.8) is 0 Å². The first kappa shape index (κ1) is 15.9. The number of benzene rings is 1. The second-order valence-corrected chi connectivity index (χ2v) is 4.65. The molecule has 108 valence electrons. The number of halogens is 1. The molecule has 3 nitrogen and oxygen atoms in total. The highest BCUT2D eigenvalue weighted by molar-refractivity contribution is 5.46. The fourth-order valence-corrected chi connectivity index (χ4v) is 2.03. The van der Waals surface area contributed by atoms with E-state index in [1.165, 1.54) is 6.07 Å². The molecule has 19 heavy (non-hydrogen) atoms. The van der Waals surface area contributed by atoms with Crippen molar-refractivity contribution in [2.75, 3.05) is 51.2 Å². The summed E-state index contributed by atoms with van der Waals surface area (Å²) in [6.45, 7) is 10.3. The smallest absolute Gasteiger partial charge is 0.146 e. The Hall–Kier alpha value is -1.13. The lowest BCUT2D eigenvalue weighted by Gasteiger charge is -2.21. The molecule has 0 aliphatic rings. The van der Waals surface area contributed by atoms with Crippen molar-refractivity contribution in [1.29, 1.82) is 0 Å². The van der Waals surface area contributed by atoms with Crippen LogP contribution in [-0.4, -0.2) is 51.2 Å². The average Bonchev–Trinajstić information content (AvgIpc) is 2.43. The van der Waals surface area contributed by atoms with Crippen molar-refractivity contribution in [3.05, 3.63) is 30.1 Å². The molecule has 0 bridgehead atoms. The molecule has 0 spiro atoms. The molecule has 1 rings (SSSR count). The number of nitrogens with zero attached hydrogens (tertiary/aromatic N) is 2. The fourth-order valence-electron chi connectivity index (χ4n) is 2.03. The molecule has 0 radical (unpaired) electrons. The van der Waals surface area contributed by atoms with Crippen molar-refractivity contribution < 1.29 is 4.39 Å². The van der Waals surface area contributed by atoms with Crippen molar-refractivity contribution in [1.82, 2.24) is 10.2 Å². The molecule has 0 aliphatic carbocycles. The third-order valence-corrected chi connectivity index (χ3v) is 3.39. The predicted octanol–water partition coefficient (Wildman–Crippen LogP) is 2.19. The zero-order valence-electron chi connectivity index (χ0n) is 12.3. The second-order valence-electron chi connectivity index (χ2n) is 4.65. The number of rotatable bonds is 9. The van der Waals surface area contributed by atoms with E-state index in [2.05, 4.69) is 24.1 Å². The van der Waals surface area contributed by atoms with Crippen LogP contribution in [-0.2, 0) is 0 Å². The molecule has 0 saturated carbocycles. The van der Waals surface area contributed by atoms with E-state index in [1.54, 1.807) is 6.07 Å². The molecule has 1 aromatic carbocycles. The monoisotopic (exact) mass is 267 g/mol. The molecule has 0 saturated heterocycles. The summed E-state index contributed by atoms with van der Waals surface area (Å²) in [6.07, 6.45) is 0. The standard InChI is InChI=1S/C15H26FN3/c1-4-19(5-2)13-11-17-10-12-18(3)15-9-7-6-8-14(15)16/h6-9,17H,4-5,10-13H2,1-3H3. The summed E-state index contributed by atoms with van der Waals surface area (Å²) in [5, 5.41) is 3.40. The Kier molecular flexibility index (Phi) is 7.45. The van der Waals surface area contributed by atoms with Crippen LogP contribution in [0.15, 0.2) is 24.3 Å². The van der Waals surface area contributed by atoms with E-state index in [4.69, 9.17) is 0 Å². The van der Waals surface area contributed by atoms with E-state index in [0.717, 1.165) is 39.3 Å². The first-order valence-corrected chi connectivity index (χ1v) is 7.07. The van der Waals surface area contributed by atoms with Gasteiger partial charge in [0.15, 0.2) is 0 Å². The highest BCUT2D eigenvalue weighted by Gasteiger charge is 2.05. The van der Waals surface area contributed by atoms with Crippen molar-refractivity contribution in [2.24, 2.45) is 0 Å². The number of hydrogen-bond acceptors (Lipinski definition) is 3. The zero-order chi connectivity index (χ0) is 14.1. The summed E-state index contributed by atoms with van der Waals surface area (Å²) in [6, 6.07) is 6.89. The van der Waals surface area contributed by atoms with Gasteiger partial charge in [0.1, 0.15) is 5.82 Å². The molecule has 0 heterocycles. The van der Waals surface area contributed by atoms with E-state index >= 15 is 0 Å². The second kappa shape index (κ2) is 8.88. The number of anilines is 1. The Balaban J connectivity index is 2.21. The molecule has 0 fully saturated rings. The first-order chi connectivity index (χ1) is 9.19. The minimum atomic E-state index is -0.159. The van der Waals surface area contributed by atoms with Crippen molar-refractivity contribution in [2.45, 2.75) is 13.8 Å². The fraction of sp³-hybridized carbons (Fsp3) is 0.600. The molecular formula is C15H26FN3. The molecule has 0 aliphatic heterocycles. The maximum absolute atomic E-state index is 13.5. The third kappa shape index (κ3) is 5.57. The number of likely N-dealkylation sites (N-methyl/N-ethyl adjacent to an activating group) is 2. The third-order valence-electron chi connectivity index (χ3n) is 3.39. The maximum Gasteiger partial charge on any atom is 0.146 e. The summed E-state index contributed by atoms with van der Waals surface area (Å²) in [4.78, 5) is 4.33. The zero-order valence-corrected chi connectivity index (χ0v) is 12.3. The largest absolute Gasteiger partial charge is 0.371 e. The Morgan fingerprint density at radius 1 is 1.05 bits per heavy atom. The molecule has 1 aromatic rings. The van der Waals surface area contributed by atoms with Crippen LogP contribution in [0, 0.1) is 5.82 Å². The van der Waals surface area contributed by atoms with Gasteiger partial charge in [-0.2, -0.15) is 0 Å². The number of para-hydroxylation sites is 1. The van der Waals surface area contributed by atoms with Gasteiger partial charge in [0, 0.05) is 33.2 Å². The Bertz CT molecular complexity index is 353. The quantitative estimate of drug-likeness (QED) is 0.692. The number of nitrogens with one attached hydrogen (secondary N) is 1. The van der Waals surface area contributed by atoms with Crippen molar-refractivity contribution in [3.8, 4) is 0 Å². The first-order valence-electron chi connectivity index (χ1n) is 7.07. The Morgan fingerprint density at radius 3 is 2.32 bits per heavy atom. The highest BCUT2D eigenvalue weighted by Crippen LogP contribution is 2.16. The summed E-state index contributed by atoms with van der Waals surface area (Å²) < 4.78 is 13.5. The molecule has 0 aromatic heterocycles. The Labute approximate surface area is 116 Å². The molecular weight excluding hydrogens is 241 g/mol. The van der Waals surface area contributed by atoms with Gasteiger partial charge in [-0.3, -0.25) is 0 Å². The molecule has 0 amide bonds. The molecule has 4 heteroatoms. The minimum absolute atomic E-state index is 0.159. The van der Waals surface area contributed by atoms with Gasteiger partial charge < -0.3 is 15.1 Å². The Morgan fingerprint density at radius 2 is 1.68 bits per heavy atom. The van der Waals surface area contributed by atoms with E-state index in [9.17, 15) is 4.39 Å². The number of hydrogen-bond donors (Lipinski definition) is 1. The summed E-state index contributed by atoms with van der Waals surface area (Å²) in [7, 11) is 1.92. The van der Waals surface area contributed by atoms with Gasteiger partial charge >= 0.3 is 0 Å². The van der Waals surface area contributed by atoms with E-state index in [0.29, 0.717) is 5.69 Å². The molecule has 1 N–H and O–H groups in total. The highest BCUT2D eigenvalue weighted by atomic mass is 19.1. The SMILES string of the molecule is CCN(CC)CCNCCN(C)c1ccccc1F. The van der Waals surface area contributed by atoms with Gasteiger partial charge in [-0.05, 0) is 25.2 Å². The average molecular weight is 267 g/mol. The van der Waals surface area contributed by atoms with Crippen LogP contribution in [0.4, 0.5) is 10.1 Å². The van der Waals surface area contributed by atoms with E-state index in [-0.39, 0.29) is 5.82 Å². The van der Waals surface area contributed by atoms with Crippen molar-refractivity contribution >= 4 is 5.69 Å². The van der Waals surface area contributed by atoms with Gasteiger partial charge in [0.05, 0.1) is 5.69 Å². The van der Waals surface area contributed by atoms with Gasteiger partial charge in [0.25, 0.3) is 0 Å². The van der Waals surface area contributed by atoms with Crippen LogP contribution in [0.25, 0.3) is 0 Å². The van der Waals surface area contributed by atoms with Crippen LogP contribution >= 0.6 is 0 Å². The van der Waals surface area contributed by atoms with Crippen LogP contribution in [0.2, 0.25) is 0 Å². The van der Waals surface area contributed by atoms with Crippen LogP contribution in [0.1, 0.15) is 13.8 Å². The van der Waals surface area contributed by atoms with Crippen LogP contribution < -0.4 is 10.2 Å². The normalized spacial score (nSPS) is 11.0. The van der Waals surface area contributed by atoms with Gasteiger partial charge in [-0.1, -0.05) is 26.0 Å². The van der Waals surface area contributed by atoms with Crippen LogP contribution in [0.5, 0.6) is 0 Å². The molecule has 0 atom stereocenters. The van der Waals surface area contributed by atoms with E-state index < -0.39 is 0 Å². The summed E-state index contributed by atoms with van der Waals surface area (Å²) >= 11 is 0. The van der Waals surface area contributed by atoms with Gasteiger partial charge in [-0.25, -0.2) is 4.39 Å². The van der Waals surface area contributed by atoms with E-state index in [1.807, 2.05) is 24.1 Å².